The highest BCUT2D eigenvalue weighted by Crippen LogP contribution is 2.25. The molecule has 6 nitrogen and oxygen atoms in total. The molecule has 1 N–H and O–H groups in total. The predicted molar refractivity (Wildman–Crippen MR) is 103 cm³/mol. The van der Waals surface area contributed by atoms with Crippen LogP contribution in [0.3, 0.4) is 0 Å². The predicted octanol–water partition coefficient (Wildman–Crippen LogP) is 2.70. The van der Waals surface area contributed by atoms with Crippen molar-refractivity contribution >= 4 is 21.8 Å². The molecule has 0 saturated carbocycles. The molecule has 0 unspecified atom stereocenters. The van der Waals surface area contributed by atoms with E-state index in [4.69, 9.17) is 0 Å². The van der Waals surface area contributed by atoms with Gasteiger partial charge in [0.25, 0.3) is 10.2 Å². The molecular formula is C19H22FN3O3S. The molecule has 0 aromatic heterocycles. The summed E-state index contributed by atoms with van der Waals surface area (Å²) >= 11 is 0. The van der Waals surface area contributed by atoms with Gasteiger partial charge in [0.2, 0.25) is 5.91 Å². The summed E-state index contributed by atoms with van der Waals surface area (Å²) in [6.07, 6.45) is 1.13. The largest absolute Gasteiger partial charge is 0.325 e. The Morgan fingerprint density at radius 1 is 1.15 bits per heavy atom. The summed E-state index contributed by atoms with van der Waals surface area (Å²) in [5, 5.41) is 2.78. The average molecular weight is 391 g/mol. The lowest BCUT2D eigenvalue weighted by Gasteiger charge is -2.26. The number of halogens is 1. The van der Waals surface area contributed by atoms with Crippen molar-refractivity contribution in [3.05, 3.63) is 54.3 Å². The summed E-state index contributed by atoms with van der Waals surface area (Å²) in [5.41, 5.74) is 2.13. The third kappa shape index (κ3) is 4.18. The molecule has 0 aliphatic carbocycles. The van der Waals surface area contributed by atoms with E-state index in [2.05, 4.69) is 5.32 Å². The van der Waals surface area contributed by atoms with Crippen LogP contribution in [0.5, 0.6) is 0 Å². The van der Waals surface area contributed by atoms with Gasteiger partial charge in [-0.15, -0.1) is 0 Å². The van der Waals surface area contributed by atoms with Gasteiger partial charge < -0.3 is 5.32 Å². The number of hydrogen-bond acceptors (Lipinski definition) is 3. The van der Waals surface area contributed by atoms with E-state index in [9.17, 15) is 17.6 Å². The van der Waals surface area contributed by atoms with E-state index in [0.717, 1.165) is 15.4 Å². The number of nitrogens with one attached hydrogen (secondary N) is 1. The number of carbonyl (C=O) groups excluding carboxylic acids is 1. The van der Waals surface area contributed by atoms with Crippen LogP contribution in [0.1, 0.15) is 12.8 Å². The highest BCUT2D eigenvalue weighted by molar-refractivity contribution is 7.86. The molecule has 8 heteroatoms. The van der Waals surface area contributed by atoms with E-state index in [1.165, 1.54) is 30.5 Å². The van der Waals surface area contributed by atoms with Gasteiger partial charge in [-0.1, -0.05) is 24.3 Å². The lowest BCUT2D eigenvalue weighted by Crippen LogP contribution is -2.47. The van der Waals surface area contributed by atoms with E-state index in [0.29, 0.717) is 25.1 Å². The highest BCUT2D eigenvalue weighted by atomic mass is 32.2. The van der Waals surface area contributed by atoms with E-state index >= 15 is 0 Å². The van der Waals surface area contributed by atoms with Gasteiger partial charge in [0.1, 0.15) is 11.9 Å². The van der Waals surface area contributed by atoms with Crippen molar-refractivity contribution in [3.8, 4) is 11.1 Å². The zero-order valence-corrected chi connectivity index (χ0v) is 16.0. The Morgan fingerprint density at radius 2 is 1.85 bits per heavy atom. The Kier molecular flexibility index (Phi) is 5.59. The Hall–Kier alpha value is -2.29. The summed E-state index contributed by atoms with van der Waals surface area (Å²) < 4.78 is 40.4. The van der Waals surface area contributed by atoms with Gasteiger partial charge in [0.05, 0.1) is 0 Å². The maximum atomic E-state index is 13.4. The molecule has 0 bridgehead atoms. The minimum atomic E-state index is -3.64. The first-order chi connectivity index (χ1) is 12.8. The van der Waals surface area contributed by atoms with Gasteiger partial charge >= 0.3 is 0 Å². The van der Waals surface area contributed by atoms with Crippen LogP contribution < -0.4 is 5.32 Å². The number of nitrogens with zero attached hydrogens (tertiary/aromatic N) is 2. The molecule has 1 amide bonds. The summed E-state index contributed by atoms with van der Waals surface area (Å²) in [6, 6.07) is 12.6. The maximum absolute atomic E-state index is 13.4. The van der Waals surface area contributed by atoms with Gasteiger partial charge in [-0.05, 0) is 48.2 Å². The minimum absolute atomic E-state index is 0.312. The van der Waals surface area contributed by atoms with Crippen molar-refractivity contribution in [3.63, 3.8) is 0 Å². The monoisotopic (exact) mass is 391 g/mol. The molecule has 144 valence electrons. The second-order valence-electron chi connectivity index (χ2n) is 6.64. The van der Waals surface area contributed by atoms with Gasteiger partial charge in [-0.3, -0.25) is 4.79 Å². The van der Waals surface area contributed by atoms with Crippen LogP contribution in [-0.2, 0) is 15.0 Å². The number of anilines is 1. The molecule has 1 heterocycles. The topological polar surface area (TPSA) is 69.7 Å². The summed E-state index contributed by atoms with van der Waals surface area (Å²) in [7, 11) is -0.735. The molecule has 3 rings (SSSR count). The lowest BCUT2D eigenvalue weighted by molar-refractivity contribution is -0.119. The fraction of sp³-hybridized carbons (Fsp3) is 0.316. The Balaban J connectivity index is 1.72. The van der Waals surface area contributed by atoms with Crippen molar-refractivity contribution in [2.45, 2.75) is 18.9 Å². The number of hydrogen-bond donors (Lipinski definition) is 1. The Bertz CT molecular complexity index is 929. The zero-order valence-electron chi connectivity index (χ0n) is 15.2. The van der Waals surface area contributed by atoms with Crippen LogP contribution >= 0.6 is 0 Å². The Morgan fingerprint density at radius 3 is 2.48 bits per heavy atom. The van der Waals surface area contributed by atoms with Gasteiger partial charge in [-0.2, -0.15) is 17.0 Å². The van der Waals surface area contributed by atoms with Crippen LogP contribution in [0, 0.1) is 5.82 Å². The second kappa shape index (κ2) is 7.75. The number of benzene rings is 2. The molecule has 0 spiro atoms. The van der Waals surface area contributed by atoms with E-state index in [1.807, 2.05) is 0 Å². The van der Waals surface area contributed by atoms with Gasteiger partial charge in [0, 0.05) is 26.3 Å². The third-order valence-electron chi connectivity index (χ3n) is 4.57. The maximum Gasteiger partial charge on any atom is 0.282 e. The van der Waals surface area contributed by atoms with Gasteiger partial charge in [-0.25, -0.2) is 4.39 Å². The van der Waals surface area contributed by atoms with Crippen molar-refractivity contribution < 1.29 is 17.6 Å². The van der Waals surface area contributed by atoms with E-state index < -0.39 is 16.3 Å². The van der Waals surface area contributed by atoms with Crippen molar-refractivity contribution in [1.29, 1.82) is 0 Å². The highest BCUT2D eigenvalue weighted by Gasteiger charge is 2.39. The smallest absolute Gasteiger partial charge is 0.282 e. The minimum Gasteiger partial charge on any atom is -0.325 e. The molecule has 1 atom stereocenters. The number of amides is 1. The van der Waals surface area contributed by atoms with E-state index in [-0.39, 0.29) is 11.7 Å². The summed E-state index contributed by atoms with van der Waals surface area (Å²) in [4.78, 5) is 12.6. The number of rotatable bonds is 5. The van der Waals surface area contributed by atoms with Crippen LogP contribution in [0.4, 0.5) is 10.1 Å². The molecular weight excluding hydrogens is 369 g/mol. The summed E-state index contributed by atoms with van der Waals surface area (Å²) in [5.74, 6) is -0.662. The fourth-order valence-electron chi connectivity index (χ4n) is 3.13. The van der Waals surface area contributed by atoms with E-state index in [1.54, 1.807) is 36.4 Å². The molecule has 1 fully saturated rings. The molecule has 2 aromatic rings. The number of carbonyl (C=O) groups is 1. The van der Waals surface area contributed by atoms with Crippen LogP contribution in [-0.4, -0.2) is 49.6 Å². The summed E-state index contributed by atoms with van der Waals surface area (Å²) in [6.45, 7) is 0.330. The molecule has 1 saturated heterocycles. The normalized spacial score (nSPS) is 18.0. The Labute approximate surface area is 158 Å². The van der Waals surface area contributed by atoms with Crippen molar-refractivity contribution in [1.82, 2.24) is 8.61 Å². The lowest BCUT2D eigenvalue weighted by atomic mass is 10.1. The molecule has 1 aliphatic rings. The molecule has 0 radical (unpaired) electrons. The standard InChI is InChI=1S/C19H22FN3O3S/c1-22(2)27(25,26)23-12-4-7-18(23)19(24)21-17-10-8-14(9-11-17)15-5-3-6-16(20)13-15/h3,5-6,8-11,13,18H,4,7,12H2,1-2H3,(H,21,24)/t18-/m0/s1. The fourth-order valence-corrected chi connectivity index (χ4v) is 4.43. The van der Waals surface area contributed by atoms with Crippen LogP contribution in [0.25, 0.3) is 11.1 Å². The molecule has 27 heavy (non-hydrogen) atoms. The molecule has 1 aliphatic heterocycles. The first-order valence-corrected chi connectivity index (χ1v) is 10.0. The quantitative estimate of drug-likeness (QED) is 0.852. The van der Waals surface area contributed by atoms with Crippen molar-refractivity contribution in [2.75, 3.05) is 26.0 Å². The third-order valence-corrected chi connectivity index (χ3v) is 6.53. The van der Waals surface area contributed by atoms with Crippen molar-refractivity contribution in [2.24, 2.45) is 0 Å². The first kappa shape index (κ1) is 19.5. The van der Waals surface area contributed by atoms with Gasteiger partial charge in [0.15, 0.2) is 0 Å². The van der Waals surface area contributed by atoms with Crippen LogP contribution in [0.15, 0.2) is 48.5 Å². The second-order valence-corrected chi connectivity index (χ2v) is 8.73. The zero-order chi connectivity index (χ0) is 19.6. The van der Waals surface area contributed by atoms with Crippen LogP contribution in [0.2, 0.25) is 0 Å². The first-order valence-electron chi connectivity index (χ1n) is 8.65. The SMILES string of the molecule is CN(C)S(=O)(=O)N1CCC[C@H]1C(=O)Nc1ccc(-c2cccc(F)c2)cc1. The molecule has 2 aromatic carbocycles. The average Bonchev–Trinajstić information content (AvgIpc) is 3.13.